The van der Waals surface area contributed by atoms with Gasteiger partial charge in [-0.2, -0.15) is 0 Å². The number of aryl methyl sites for hydroxylation is 1. The summed E-state index contributed by atoms with van der Waals surface area (Å²) in [6, 6.07) is 10.6. The number of hydrogen-bond donors (Lipinski definition) is 0. The van der Waals surface area contributed by atoms with E-state index >= 15 is 0 Å². The highest BCUT2D eigenvalue weighted by Gasteiger charge is 2.24. The van der Waals surface area contributed by atoms with Gasteiger partial charge in [-0.3, -0.25) is 4.79 Å². The summed E-state index contributed by atoms with van der Waals surface area (Å²) >= 11 is 0. The first-order chi connectivity index (χ1) is 12.1. The molecule has 1 amide bonds. The molecule has 0 atom stereocenters. The molecule has 3 rings (SSSR count). The fourth-order valence-corrected chi connectivity index (χ4v) is 3.54. The van der Waals surface area contributed by atoms with Crippen LogP contribution in [0.4, 0.5) is 0 Å². The van der Waals surface area contributed by atoms with Gasteiger partial charge in [0.25, 0.3) is 0 Å². The van der Waals surface area contributed by atoms with Gasteiger partial charge in [0.15, 0.2) is 0 Å². The molecule has 0 spiro atoms. The number of piperidine rings is 1. The highest BCUT2D eigenvalue weighted by atomic mass is 16.2. The molecule has 0 unspecified atom stereocenters. The summed E-state index contributed by atoms with van der Waals surface area (Å²) in [7, 11) is 0. The van der Waals surface area contributed by atoms with Crippen molar-refractivity contribution in [1.82, 2.24) is 19.7 Å². The zero-order valence-electron chi connectivity index (χ0n) is 15.3. The van der Waals surface area contributed by atoms with Gasteiger partial charge in [0.05, 0.1) is 0 Å². The van der Waals surface area contributed by atoms with Crippen LogP contribution < -0.4 is 0 Å². The quantitative estimate of drug-likeness (QED) is 0.811. The fourth-order valence-electron chi connectivity index (χ4n) is 3.54. The summed E-state index contributed by atoms with van der Waals surface area (Å²) in [6.45, 7) is 6.05. The minimum Gasteiger partial charge on any atom is -0.343 e. The maximum absolute atomic E-state index is 12.4. The average Bonchev–Trinajstić information content (AvgIpc) is 3.09. The first kappa shape index (κ1) is 17.6. The van der Waals surface area contributed by atoms with Crippen molar-refractivity contribution < 1.29 is 4.79 Å². The van der Waals surface area contributed by atoms with E-state index in [0.29, 0.717) is 18.4 Å². The van der Waals surface area contributed by atoms with Gasteiger partial charge in [-0.05, 0) is 44.6 Å². The van der Waals surface area contributed by atoms with E-state index in [-0.39, 0.29) is 5.91 Å². The number of carbonyl (C=O) groups excluding carboxylic acids is 1. The van der Waals surface area contributed by atoms with Crippen LogP contribution in [-0.2, 0) is 17.6 Å². The number of likely N-dealkylation sites (tertiary alicyclic amines) is 1. The van der Waals surface area contributed by atoms with Crippen molar-refractivity contribution >= 4 is 5.91 Å². The van der Waals surface area contributed by atoms with Crippen molar-refractivity contribution in [3.05, 3.63) is 48.0 Å². The summed E-state index contributed by atoms with van der Waals surface area (Å²) in [5, 5.41) is 8.33. The van der Waals surface area contributed by atoms with Crippen molar-refractivity contribution in [2.45, 2.75) is 52.0 Å². The zero-order valence-corrected chi connectivity index (χ0v) is 15.3. The third-order valence-corrected chi connectivity index (χ3v) is 5.11. The van der Waals surface area contributed by atoms with E-state index in [1.807, 2.05) is 29.4 Å². The van der Waals surface area contributed by atoms with E-state index in [9.17, 15) is 4.79 Å². The van der Waals surface area contributed by atoms with Crippen molar-refractivity contribution in [3.63, 3.8) is 0 Å². The molecular formula is C20H28N4O. The summed E-state index contributed by atoms with van der Waals surface area (Å²) in [5.74, 6) is 1.95. The molecule has 25 heavy (non-hydrogen) atoms. The molecule has 134 valence electrons. The number of carbonyl (C=O) groups is 1. The van der Waals surface area contributed by atoms with Crippen LogP contribution in [0.2, 0.25) is 0 Å². The van der Waals surface area contributed by atoms with Crippen LogP contribution in [0.1, 0.15) is 50.5 Å². The molecule has 0 N–H and O–H groups in total. The largest absolute Gasteiger partial charge is 0.343 e. The van der Waals surface area contributed by atoms with E-state index in [2.05, 4.69) is 40.7 Å². The number of hydrogen-bond acceptors (Lipinski definition) is 3. The molecule has 0 aliphatic carbocycles. The first-order valence-electron chi connectivity index (χ1n) is 9.33. The Morgan fingerprint density at radius 1 is 1.20 bits per heavy atom. The summed E-state index contributed by atoms with van der Waals surface area (Å²) in [6.07, 6.45) is 6.34. The Morgan fingerprint density at radius 2 is 1.92 bits per heavy atom. The zero-order chi connectivity index (χ0) is 17.6. The van der Waals surface area contributed by atoms with E-state index in [1.54, 1.807) is 0 Å². The van der Waals surface area contributed by atoms with Crippen LogP contribution in [0.5, 0.6) is 0 Å². The van der Waals surface area contributed by atoms with Crippen LogP contribution in [0, 0.1) is 5.92 Å². The Kier molecular flexibility index (Phi) is 5.84. The van der Waals surface area contributed by atoms with E-state index in [0.717, 1.165) is 44.6 Å². The maximum Gasteiger partial charge on any atom is 0.222 e. The number of rotatable bonds is 6. The minimum absolute atomic E-state index is 0.285. The van der Waals surface area contributed by atoms with Gasteiger partial charge in [-0.15, -0.1) is 10.2 Å². The standard InChI is InChI=1S/C20H28N4O/c1-16(2)24-15-21-22-19(24)14-18-10-12-23(13-11-18)20(25)9-8-17-6-4-3-5-7-17/h3-7,15-16,18H,8-14H2,1-2H3. The Hall–Kier alpha value is -2.17. The highest BCUT2D eigenvalue weighted by molar-refractivity contribution is 5.76. The molecule has 1 aliphatic heterocycles. The van der Waals surface area contributed by atoms with Gasteiger partial charge < -0.3 is 9.47 Å². The van der Waals surface area contributed by atoms with Gasteiger partial charge in [0, 0.05) is 32.0 Å². The lowest BCUT2D eigenvalue weighted by molar-refractivity contribution is -0.132. The second-order valence-electron chi connectivity index (χ2n) is 7.26. The lowest BCUT2D eigenvalue weighted by Gasteiger charge is -2.32. The fraction of sp³-hybridized carbons (Fsp3) is 0.550. The Balaban J connectivity index is 1.45. The monoisotopic (exact) mass is 340 g/mol. The molecule has 1 saturated heterocycles. The predicted octanol–water partition coefficient (Wildman–Crippen LogP) is 3.27. The van der Waals surface area contributed by atoms with Crippen LogP contribution >= 0.6 is 0 Å². The topological polar surface area (TPSA) is 51.0 Å². The Bertz CT molecular complexity index is 672. The molecule has 1 fully saturated rings. The van der Waals surface area contributed by atoms with E-state index < -0.39 is 0 Å². The number of amides is 1. The molecule has 0 saturated carbocycles. The highest BCUT2D eigenvalue weighted by Crippen LogP contribution is 2.22. The van der Waals surface area contributed by atoms with Crippen LogP contribution in [0.3, 0.4) is 0 Å². The van der Waals surface area contributed by atoms with Crippen LogP contribution in [-0.4, -0.2) is 38.7 Å². The van der Waals surface area contributed by atoms with Gasteiger partial charge in [0.1, 0.15) is 12.2 Å². The van der Waals surface area contributed by atoms with Crippen molar-refractivity contribution in [2.75, 3.05) is 13.1 Å². The molecule has 0 bridgehead atoms. The maximum atomic E-state index is 12.4. The lowest BCUT2D eigenvalue weighted by atomic mass is 9.93. The number of benzene rings is 1. The van der Waals surface area contributed by atoms with E-state index in [1.165, 1.54) is 5.56 Å². The van der Waals surface area contributed by atoms with Crippen molar-refractivity contribution in [1.29, 1.82) is 0 Å². The molecule has 5 nitrogen and oxygen atoms in total. The smallest absolute Gasteiger partial charge is 0.222 e. The van der Waals surface area contributed by atoms with Gasteiger partial charge in [0.2, 0.25) is 5.91 Å². The van der Waals surface area contributed by atoms with Crippen molar-refractivity contribution in [3.8, 4) is 0 Å². The van der Waals surface area contributed by atoms with Gasteiger partial charge in [-0.25, -0.2) is 0 Å². The Morgan fingerprint density at radius 3 is 2.60 bits per heavy atom. The van der Waals surface area contributed by atoms with Crippen LogP contribution in [0.15, 0.2) is 36.7 Å². The summed E-state index contributed by atoms with van der Waals surface area (Å²) in [5.41, 5.74) is 1.23. The van der Waals surface area contributed by atoms with E-state index in [4.69, 9.17) is 0 Å². The predicted molar refractivity (Wildman–Crippen MR) is 98.2 cm³/mol. The average molecular weight is 340 g/mol. The molecule has 5 heteroatoms. The van der Waals surface area contributed by atoms with Crippen LogP contribution in [0.25, 0.3) is 0 Å². The van der Waals surface area contributed by atoms with Gasteiger partial charge >= 0.3 is 0 Å². The van der Waals surface area contributed by atoms with Crippen molar-refractivity contribution in [2.24, 2.45) is 5.92 Å². The molecule has 0 radical (unpaired) electrons. The first-order valence-corrected chi connectivity index (χ1v) is 9.33. The van der Waals surface area contributed by atoms with Gasteiger partial charge in [-0.1, -0.05) is 30.3 Å². The normalized spacial score (nSPS) is 15.7. The Labute approximate surface area is 150 Å². The molecular weight excluding hydrogens is 312 g/mol. The third kappa shape index (κ3) is 4.68. The molecule has 1 aromatic heterocycles. The molecule has 2 aromatic rings. The third-order valence-electron chi connectivity index (χ3n) is 5.11. The number of nitrogens with zero attached hydrogens (tertiary/aromatic N) is 4. The lowest BCUT2D eigenvalue weighted by Crippen LogP contribution is -2.39. The molecule has 1 aromatic carbocycles. The second kappa shape index (κ2) is 8.28. The summed E-state index contributed by atoms with van der Waals surface area (Å²) < 4.78 is 2.15. The number of aromatic nitrogens is 3. The minimum atomic E-state index is 0.285. The second-order valence-corrected chi connectivity index (χ2v) is 7.26. The SMILES string of the molecule is CC(C)n1cnnc1CC1CCN(C(=O)CCc2ccccc2)CC1. The summed E-state index contributed by atoms with van der Waals surface area (Å²) in [4.78, 5) is 14.5. The molecule has 2 heterocycles. The molecule has 1 aliphatic rings.